The highest BCUT2D eigenvalue weighted by Gasteiger charge is 2.26. The van der Waals surface area contributed by atoms with Crippen molar-refractivity contribution >= 4 is 5.82 Å². The number of H-pyrrole nitrogens is 1. The predicted molar refractivity (Wildman–Crippen MR) is 51.3 cm³/mol. The maximum absolute atomic E-state index is 11.9. The average molecular weight is 215 g/mol. The van der Waals surface area contributed by atoms with Gasteiger partial charge in [-0.2, -0.15) is 0 Å². The molecule has 1 aliphatic rings. The van der Waals surface area contributed by atoms with E-state index in [0.717, 1.165) is 12.8 Å². The van der Waals surface area contributed by atoms with E-state index in [4.69, 9.17) is 0 Å². The van der Waals surface area contributed by atoms with Gasteiger partial charge in [0.05, 0.1) is 6.54 Å². The molecule has 0 radical (unpaired) electrons. The van der Waals surface area contributed by atoms with Crippen LogP contribution >= 0.6 is 0 Å². The van der Waals surface area contributed by atoms with E-state index in [1.54, 1.807) is 0 Å². The largest absolute Gasteiger partial charge is 0.364 e. The van der Waals surface area contributed by atoms with E-state index in [-0.39, 0.29) is 11.4 Å². The zero-order valence-corrected chi connectivity index (χ0v) is 7.96. The van der Waals surface area contributed by atoms with Gasteiger partial charge in [0.1, 0.15) is 11.6 Å². The molecule has 0 spiro atoms. The van der Waals surface area contributed by atoms with Crippen LogP contribution in [-0.4, -0.2) is 22.9 Å². The van der Waals surface area contributed by atoms with E-state index in [2.05, 4.69) is 15.3 Å². The minimum Gasteiger partial charge on any atom is -0.364 e. The number of aromatic nitrogens is 2. The van der Waals surface area contributed by atoms with Crippen LogP contribution in [0.2, 0.25) is 0 Å². The van der Waals surface area contributed by atoms with Crippen LogP contribution in [0, 0.1) is 0 Å². The van der Waals surface area contributed by atoms with Gasteiger partial charge < -0.3 is 10.3 Å². The summed E-state index contributed by atoms with van der Waals surface area (Å²) in [5, 5.41) is 2.43. The van der Waals surface area contributed by atoms with Crippen LogP contribution in [0.4, 0.5) is 14.6 Å². The Morgan fingerprint density at radius 3 is 2.93 bits per heavy atom. The Hall–Kier alpha value is -1.46. The van der Waals surface area contributed by atoms with Crippen molar-refractivity contribution in [2.75, 3.05) is 11.9 Å². The molecule has 2 rings (SSSR count). The van der Waals surface area contributed by atoms with Gasteiger partial charge in [-0.15, -0.1) is 0 Å². The van der Waals surface area contributed by atoms with Crippen LogP contribution in [0.1, 0.15) is 24.6 Å². The zero-order chi connectivity index (χ0) is 10.8. The van der Waals surface area contributed by atoms with Gasteiger partial charge in [0.15, 0.2) is 0 Å². The fourth-order valence-electron chi connectivity index (χ4n) is 1.30. The highest BCUT2D eigenvalue weighted by atomic mass is 19.3. The summed E-state index contributed by atoms with van der Waals surface area (Å²) in [7, 11) is 0. The standard InChI is InChI=1S/C9H11F2N3O/c10-6(11)4-12-7-3-8(15)14-9(13-7)5-1-2-5/h3,5-6H,1-2,4H2,(H2,12,13,14,15). The predicted octanol–water partition coefficient (Wildman–Crippen LogP) is 1.32. The molecular formula is C9H11F2N3O. The molecule has 1 heterocycles. The zero-order valence-electron chi connectivity index (χ0n) is 7.96. The van der Waals surface area contributed by atoms with Crippen molar-refractivity contribution in [1.82, 2.24) is 9.97 Å². The molecule has 6 heteroatoms. The number of hydrogen-bond acceptors (Lipinski definition) is 3. The summed E-state index contributed by atoms with van der Waals surface area (Å²) < 4.78 is 23.8. The lowest BCUT2D eigenvalue weighted by atomic mass is 10.4. The molecular weight excluding hydrogens is 204 g/mol. The number of nitrogens with zero attached hydrogens (tertiary/aromatic N) is 1. The highest BCUT2D eigenvalue weighted by Crippen LogP contribution is 2.37. The Morgan fingerprint density at radius 1 is 1.60 bits per heavy atom. The number of nitrogens with one attached hydrogen (secondary N) is 2. The average Bonchev–Trinajstić information content (AvgIpc) is 2.97. The van der Waals surface area contributed by atoms with Crippen molar-refractivity contribution in [3.05, 3.63) is 22.2 Å². The van der Waals surface area contributed by atoms with Gasteiger partial charge in [-0.05, 0) is 12.8 Å². The molecule has 1 aliphatic carbocycles. The Labute approximate surface area is 84.7 Å². The molecule has 1 saturated carbocycles. The molecule has 2 N–H and O–H groups in total. The topological polar surface area (TPSA) is 57.8 Å². The highest BCUT2D eigenvalue weighted by molar-refractivity contribution is 5.33. The summed E-state index contributed by atoms with van der Waals surface area (Å²) in [5.74, 6) is 1.12. The van der Waals surface area contributed by atoms with Crippen molar-refractivity contribution in [2.45, 2.75) is 25.2 Å². The molecule has 0 aliphatic heterocycles. The van der Waals surface area contributed by atoms with Gasteiger partial charge in [-0.1, -0.05) is 0 Å². The molecule has 0 amide bonds. The minimum absolute atomic E-state index is 0.223. The molecule has 0 bridgehead atoms. The van der Waals surface area contributed by atoms with E-state index in [0.29, 0.717) is 11.7 Å². The van der Waals surface area contributed by atoms with Crippen molar-refractivity contribution in [1.29, 1.82) is 0 Å². The van der Waals surface area contributed by atoms with E-state index >= 15 is 0 Å². The summed E-state index contributed by atoms with van der Waals surface area (Å²) in [4.78, 5) is 17.8. The number of hydrogen-bond donors (Lipinski definition) is 2. The number of aromatic amines is 1. The normalized spacial score (nSPS) is 15.7. The molecule has 1 aromatic heterocycles. The van der Waals surface area contributed by atoms with Gasteiger partial charge in [-0.25, -0.2) is 13.8 Å². The Balaban J connectivity index is 2.12. The summed E-state index contributed by atoms with van der Waals surface area (Å²) in [6, 6.07) is 1.19. The first-order valence-corrected chi connectivity index (χ1v) is 4.78. The fraction of sp³-hybridized carbons (Fsp3) is 0.556. The summed E-state index contributed by atoms with van der Waals surface area (Å²) in [6.45, 7) is -0.486. The Bertz CT molecular complexity index is 401. The first kappa shape index (κ1) is 10.1. The molecule has 0 aromatic carbocycles. The molecule has 15 heavy (non-hydrogen) atoms. The molecule has 82 valence electrons. The minimum atomic E-state index is -2.45. The third-order valence-corrected chi connectivity index (χ3v) is 2.16. The molecule has 1 fully saturated rings. The van der Waals surface area contributed by atoms with Crippen LogP contribution in [0.5, 0.6) is 0 Å². The lowest BCUT2D eigenvalue weighted by molar-refractivity contribution is 0.163. The monoisotopic (exact) mass is 215 g/mol. The van der Waals surface area contributed by atoms with Crippen molar-refractivity contribution in [2.24, 2.45) is 0 Å². The lowest BCUT2D eigenvalue weighted by Crippen LogP contribution is -2.16. The second-order valence-electron chi connectivity index (χ2n) is 3.56. The maximum atomic E-state index is 11.9. The number of anilines is 1. The SMILES string of the molecule is O=c1cc(NCC(F)F)nc(C2CC2)[nH]1. The van der Waals surface area contributed by atoms with Crippen LogP contribution in [0.25, 0.3) is 0 Å². The Kier molecular flexibility index (Phi) is 2.66. The Morgan fingerprint density at radius 2 is 2.33 bits per heavy atom. The molecule has 0 unspecified atom stereocenters. The first-order chi connectivity index (χ1) is 7.15. The maximum Gasteiger partial charge on any atom is 0.255 e. The van der Waals surface area contributed by atoms with Crippen LogP contribution in [0.15, 0.2) is 10.9 Å². The van der Waals surface area contributed by atoms with Crippen LogP contribution in [-0.2, 0) is 0 Å². The first-order valence-electron chi connectivity index (χ1n) is 4.78. The molecule has 0 saturated heterocycles. The smallest absolute Gasteiger partial charge is 0.255 e. The third-order valence-electron chi connectivity index (χ3n) is 2.16. The number of halogens is 2. The third kappa shape index (κ3) is 2.74. The van der Waals surface area contributed by atoms with Gasteiger partial charge in [0.2, 0.25) is 0 Å². The quantitative estimate of drug-likeness (QED) is 0.796. The van der Waals surface area contributed by atoms with E-state index in [1.165, 1.54) is 6.07 Å². The van der Waals surface area contributed by atoms with E-state index in [9.17, 15) is 13.6 Å². The van der Waals surface area contributed by atoms with Crippen LogP contribution < -0.4 is 10.9 Å². The molecule has 1 aromatic rings. The number of rotatable bonds is 4. The molecule has 0 atom stereocenters. The van der Waals surface area contributed by atoms with Crippen molar-refractivity contribution < 1.29 is 8.78 Å². The van der Waals surface area contributed by atoms with Gasteiger partial charge in [-0.3, -0.25) is 4.79 Å². The summed E-state index contributed by atoms with van der Waals surface area (Å²) in [6.07, 6.45) is -0.446. The van der Waals surface area contributed by atoms with E-state index < -0.39 is 13.0 Å². The fourth-order valence-corrected chi connectivity index (χ4v) is 1.30. The van der Waals surface area contributed by atoms with Crippen molar-refractivity contribution in [3.8, 4) is 0 Å². The summed E-state index contributed by atoms with van der Waals surface area (Å²) in [5.41, 5.74) is -0.302. The van der Waals surface area contributed by atoms with Gasteiger partial charge in [0.25, 0.3) is 12.0 Å². The van der Waals surface area contributed by atoms with Crippen LogP contribution in [0.3, 0.4) is 0 Å². The second-order valence-corrected chi connectivity index (χ2v) is 3.56. The van der Waals surface area contributed by atoms with Gasteiger partial charge >= 0.3 is 0 Å². The second kappa shape index (κ2) is 3.96. The van der Waals surface area contributed by atoms with Crippen molar-refractivity contribution in [3.63, 3.8) is 0 Å². The lowest BCUT2D eigenvalue weighted by Gasteiger charge is -2.05. The summed E-state index contributed by atoms with van der Waals surface area (Å²) >= 11 is 0. The number of alkyl halides is 2. The van der Waals surface area contributed by atoms with E-state index in [1.807, 2.05) is 0 Å². The van der Waals surface area contributed by atoms with Gasteiger partial charge in [0, 0.05) is 12.0 Å². The molecule has 4 nitrogen and oxygen atoms in total.